The fourth-order valence-electron chi connectivity index (χ4n) is 1.29. The number of alkyl halides is 1. The number of amides is 1. The molecule has 0 saturated carbocycles. The highest BCUT2D eigenvalue weighted by molar-refractivity contribution is 9.10. The maximum Gasteiger partial charge on any atom is 0.251 e. The molecule has 1 rings (SSSR count). The summed E-state index contributed by atoms with van der Waals surface area (Å²) < 4.78 is 13.3. The molecule has 0 saturated heterocycles. The van der Waals surface area contributed by atoms with Crippen molar-refractivity contribution in [1.82, 2.24) is 5.32 Å². The molecule has 0 aliphatic carbocycles. The predicted octanol–water partition coefficient (Wildman–Crippen LogP) is 3.88. The van der Waals surface area contributed by atoms with Crippen LogP contribution >= 0.6 is 31.9 Å². The van der Waals surface area contributed by atoms with Crippen molar-refractivity contribution in [2.75, 3.05) is 6.54 Å². The zero-order chi connectivity index (χ0) is 12.8. The van der Waals surface area contributed by atoms with Gasteiger partial charge >= 0.3 is 0 Å². The van der Waals surface area contributed by atoms with E-state index >= 15 is 0 Å². The summed E-state index contributed by atoms with van der Waals surface area (Å²) in [4.78, 5) is 12.1. The molecule has 94 valence electrons. The van der Waals surface area contributed by atoms with Gasteiger partial charge in [0.2, 0.25) is 0 Å². The lowest BCUT2D eigenvalue weighted by Gasteiger charge is -2.08. The van der Waals surface area contributed by atoms with E-state index in [1.165, 1.54) is 18.2 Å². The highest BCUT2D eigenvalue weighted by Gasteiger charge is 2.08. The Balaban J connectivity index is 2.50. The number of rotatable bonds is 5. The molecule has 17 heavy (non-hydrogen) atoms. The molecule has 0 aliphatic heterocycles. The molecule has 1 unspecified atom stereocenters. The van der Waals surface area contributed by atoms with Gasteiger partial charge in [-0.1, -0.05) is 22.9 Å². The largest absolute Gasteiger partial charge is 0.352 e. The first-order valence-electron chi connectivity index (χ1n) is 5.42. The molecule has 0 spiro atoms. The van der Waals surface area contributed by atoms with Crippen molar-refractivity contribution in [3.8, 4) is 0 Å². The van der Waals surface area contributed by atoms with Gasteiger partial charge in [-0.15, -0.1) is 0 Å². The third-order valence-corrected chi connectivity index (χ3v) is 4.08. The Bertz CT molecular complexity index is 398. The van der Waals surface area contributed by atoms with Crippen LogP contribution in [-0.2, 0) is 0 Å². The van der Waals surface area contributed by atoms with Gasteiger partial charge in [0, 0.05) is 16.9 Å². The molecule has 0 fully saturated rings. The summed E-state index contributed by atoms with van der Waals surface area (Å²) in [5, 5.41) is 2.80. The van der Waals surface area contributed by atoms with E-state index in [4.69, 9.17) is 0 Å². The lowest BCUT2D eigenvalue weighted by atomic mass is 10.2. The number of carbonyl (C=O) groups is 1. The maximum absolute atomic E-state index is 13.0. The van der Waals surface area contributed by atoms with Gasteiger partial charge in [0.15, 0.2) is 0 Å². The van der Waals surface area contributed by atoms with Crippen LogP contribution in [0, 0.1) is 5.82 Å². The summed E-state index contributed by atoms with van der Waals surface area (Å²) in [6.07, 6.45) is 1.91. The fraction of sp³-hybridized carbons (Fsp3) is 0.417. The summed E-state index contributed by atoms with van der Waals surface area (Å²) in [5.74, 6) is -0.547. The molecular formula is C12H14Br2FNO. The normalized spacial score (nSPS) is 12.2. The van der Waals surface area contributed by atoms with Crippen molar-refractivity contribution in [3.05, 3.63) is 34.1 Å². The van der Waals surface area contributed by atoms with Crippen molar-refractivity contribution >= 4 is 37.8 Å². The van der Waals surface area contributed by atoms with E-state index in [1.807, 2.05) is 0 Å². The second-order valence-electron chi connectivity index (χ2n) is 3.68. The van der Waals surface area contributed by atoms with E-state index in [-0.39, 0.29) is 11.7 Å². The highest BCUT2D eigenvalue weighted by Crippen LogP contribution is 2.16. The first-order valence-corrected chi connectivity index (χ1v) is 7.12. The standard InChI is InChI=1S/C12H14Br2FNO/c1-2-9(13)5-6-16-12(17)8-3-4-11(15)10(14)7-8/h3-4,7,9H,2,5-6H2,1H3,(H,16,17). The second-order valence-corrected chi connectivity index (χ2v) is 5.83. The van der Waals surface area contributed by atoms with Crippen molar-refractivity contribution < 1.29 is 9.18 Å². The topological polar surface area (TPSA) is 29.1 Å². The lowest BCUT2D eigenvalue weighted by molar-refractivity contribution is 0.0953. The molecule has 1 amide bonds. The number of hydrogen-bond donors (Lipinski definition) is 1. The molecule has 0 aliphatic rings. The molecule has 5 heteroatoms. The summed E-state index contributed by atoms with van der Waals surface area (Å²) in [5.41, 5.74) is 0.459. The molecule has 2 nitrogen and oxygen atoms in total. The van der Waals surface area contributed by atoms with E-state index in [2.05, 4.69) is 44.1 Å². The molecule has 1 atom stereocenters. The monoisotopic (exact) mass is 365 g/mol. The molecule has 0 bridgehead atoms. The molecular weight excluding hydrogens is 353 g/mol. The van der Waals surface area contributed by atoms with Crippen LogP contribution < -0.4 is 5.32 Å². The van der Waals surface area contributed by atoms with Gasteiger partial charge in [-0.3, -0.25) is 4.79 Å². The zero-order valence-corrected chi connectivity index (χ0v) is 12.6. The smallest absolute Gasteiger partial charge is 0.251 e. The number of hydrogen-bond acceptors (Lipinski definition) is 1. The van der Waals surface area contributed by atoms with Gasteiger partial charge in [0.1, 0.15) is 5.82 Å². The Morgan fingerprint density at radius 2 is 2.24 bits per heavy atom. The molecule has 0 heterocycles. The van der Waals surface area contributed by atoms with E-state index in [9.17, 15) is 9.18 Å². The van der Waals surface area contributed by atoms with Crippen LogP contribution in [-0.4, -0.2) is 17.3 Å². The molecule has 0 radical (unpaired) electrons. The molecule has 0 aromatic heterocycles. The van der Waals surface area contributed by atoms with Crippen molar-refractivity contribution in [2.45, 2.75) is 24.6 Å². The van der Waals surface area contributed by atoms with Gasteiger partial charge in [-0.25, -0.2) is 4.39 Å². The van der Waals surface area contributed by atoms with Gasteiger partial charge in [-0.05, 0) is 47.0 Å². The molecule has 1 aromatic rings. The van der Waals surface area contributed by atoms with E-state index in [0.717, 1.165) is 12.8 Å². The van der Waals surface area contributed by atoms with Crippen molar-refractivity contribution in [2.24, 2.45) is 0 Å². The Labute approximate surface area is 117 Å². The first kappa shape index (κ1) is 14.6. The highest BCUT2D eigenvalue weighted by atomic mass is 79.9. The van der Waals surface area contributed by atoms with Crippen molar-refractivity contribution in [1.29, 1.82) is 0 Å². The van der Waals surface area contributed by atoms with Crippen LogP contribution in [0.1, 0.15) is 30.1 Å². The Kier molecular flexibility index (Phi) is 6.12. The van der Waals surface area contributed by atoms with Crippen LogP contribution in [0.15, 0.2) is 22.7 Å². The van der Waals surface area contributed by atoms with Gasteiger partial charge in [0.05, 0.1) is 4.47 Å². The van der Waals surface area contributed by atoms with Gasteiger partial charge in [0.25, 0.3) is 5.91 Å². The quantitative estimate of drug-likeness (QED) is 0.787. The lowest BCUT2D eigenvalue weighted by Crippen LogP contribution is -2.26. The average Bonchev–Trinajstić information content (AvgIpc) is 2.32. The molecule has 1 N–H and O–H groups in total. The fourth-order valence-corrected chi connectivity index (χ4v) is 1.89. The van der Waals surface area contributed by atoms with Crippen LogP contribution in [0.4, 0.5) is 4.39 Å². The number of carbonyl (C=O) groups excluding carboxylic acids is 1. The number of nitrogens with one attached hydrogen (secondary N) is 1. The van der Waals surface area contributed by atoms with Crippen LogP contribution in [0.3, 0.4) is 0 Å². The summed E-state index contributed by atoms with van der Waals surface area (Å²) in [6.45, 7) is 2.69. The maximum atomic E-state index is 13.0. The zero-order valence-electron chi connectivity index (χ0n) is 9.47. The summed E-state index contributed by atoms with van der Waals surface area (Å²) in [7, 11) is 0. The first-order chi connectivity index (χ1) is 8.04. The van der Waals surface area contributed by atoms with Gasteiger partial charge in [-0.2, -0.15) is 0 Å². The summed E-state index contributed by atoms with van der Waals surface area (Å²) >= 11 is 6.55. The Morgan fingerprint density at radius 1 is 1.53 bits per heavy atom. The van der Waals surface area contributed by atoms with E-state index in [0.29, 0.717) is 21.4 Å². The van der Waals surface area contributed by atoms with Crippen molar-refractivity contribution in [3.63, 3.8) is 0 Å². The average molecular weight is 367 g/mol. The SMILES string of the molecule is CCC(Br)CCNC(=O)c1ccc(F)c(Br)c1. The molecule has 1 aromatic carbocycles. The summed E-state index contributed by atoms with van der Waals surface area (Å²) in [6, 6.07) is 4.23. The van der Waals surface area contributed by atoms with Crippen LogP contribution in [0.5, 0.6) is 0 Å². The van der Waals surface area contributed by atoms with E-state index < -0.39 is 0 Å². The van der Waals surface area contributed by atoms with Gasteiger partial charge < -0.3 is 5.32 Å². The minimum absolute atomic E-state index is 0.179. The predicted molar refractivity (Wildman–Crippen MR) is 74.1 cm³/mol. The third kappa shape index (κ3) is 4.76. The van der Waals surface area contributed by atoms with Crippen LogP contribution in [0.25, 0.3) is 0 Å². The minimum Gasteiger partial charge on any atom is -0.352 e. The minimum atomic E-state index is -0.368. The Hall–Kier alpha value is -0.420. The van der Waals surface area contributed by atoms with Crippen LogP contribution in [0.2, 0.25) is 0 Å². The number of benzene rings is 1. The number of halogens is 3. The van der Waals surface area contributed by atoms with E-state index in [1.54, 1.807) is 0 Å². The third-order valence-electron chi connectivity index (χ3n) is 2.37. The Morgan fingerprint density at radius 3 is 2.82 bits per heavy atom. The second kappa shape index (κ2) is 7.11.